The molecule has 0 N–H and O–H groups in total. The molecule has 0 radical (unpaired) electrons. The number of aromatic nitrogens is 3. The van der Waals surface area contributed by atoms with E-state index in [-0.39, 0.29) is 0 Å². The number of para-hydroxylation sites is 2. The third-order valence-electron chi connectivity index (χ3n) is 14.9. The summed E-state index contributed by atoms with van der Waals surface area (Å²) in [6, 6.07) is 97.4. The fourth-order valence-electron chi connectivity index (χ4n) is 11.6. The number of rotatable bonds is 9. The highest BCUT2D eigenvalue weighted by Gasteiger charge is 2.46. The van der Waals surface area contributed by atoms with Crippen LogP contribution in [-0.2, 0) is 5.41 Å². The molecule has 1 aliphatic carbocycles. The van der Waals surface area contributed by atoms with E-state index in [4.69, 9.17) is 0 Å². The fraction of sp³-hybridized carbons (Fsp3) is 0.0147. The maximum absolute atomic E-state index is 4.67. The van der Waals surface area contributed by atoms with Crippen molar-refractivity contribution >= 4 is 49.8 Å². The van der Waals surface area contributed by atoms with Gasteiger partial charge in [0.05, 0.1) is 27.7 Å². The molecule has 0 saturated carbocycles. The summed E-state index contributed by atoms with van der Waals surface area (Å²) >= 11 is 0. The van der Waals surface area contributed by atoms with E-state index in [0.29, 0.717) is 0 Å². The van der Waals surface area contributed by atoms with Gasteiger partial charge >= 0.3 is 0 Å². The van der Waals surface area contributed by atoms with Crippen molar-refractivity contribution in [1.29, 1.82) is 0 Å². The zero-order valence-electron chi connectivity index (χ0n) is 39.3. The monoisotopic (exact) mass is 918 g/mol. The molecule has 0 fully saturated rings. The first kappa shape index (κ1) is 41.5. The van der Waals surface area contributed by atoms with Crippen molar-refractivity contribution in [3.05, 3.63) is 302 Å². The Kier molecular flexibility index (Phi) is 9.71. The first-order valence-electron chi connectivity index (χ1n) is 24.7. The third kappa shape index (κ3) is 6.57. The highest BCUT2D eigenvalue weighted by Crippen LogP contribution is 2.57. The van der Waals surface area contributed by atoms with Gasteiger partial charge in [-0.25, -0.2) is 0 Å². The van der Waals surface area contributed by atoms with Gasteiger partial charge in [0, 0.05) is 62.6 Å². The van der Waals surface area contributed by atoms with Crippen LogP contribution in [-0.4, -0.2) is 14.1 Å². The Labute approximate surface area is 418 Å². The summed E-state index contributed by atoms with van der Waals surface area (Å²) in [5, 5.41) is 3.64. The van der Waals surface area contributed by atoms with Crippen molar-refractivity contribution in [2.24, 2.45) is 0 Å². The van der Waals surface area contributed by atoms with Gasteiger partial charge in [0.2, 0.25) is 0 Å². The molecule has 72 heavy (non-hydrogen) atoms. The Morgan fingerprint density at radius 3 is 1.61 bits per heavy atom. The standard InChI is InChI=1S/C68H46N4/c1-5-17-51(18-6-1)68(52-19-7-2-8-20-52)62-26-14-13-25-58(62)59-38-37-57(45-63(59)68)71(56-35-30-48(31-36-56)64-27-15-16-41-69-64)55-33-28-47(29-34-55)49-32-39-65-60(43-49)61-46-66-50(40-42-70(66)53-21-9-3-10-22-53)44-67(61)72(65)54-23-11-4-12-24-54/h1-46H. The minimum Gasteiger partial charge on any atom is -0.317 e. The predicted octanol–water partition coefficient (Wildman–Crippen LogP) is 17.3. The molecule has 0 aliphatic heterocycles. The van der Waals surface area contributed by atoms with Gasteiger partial charge < -0.3 is 14.0 Å². The van der Waals surface area contributed by atoms with Crippen LogP contribution in [0.2, 0.25) is 0 Å². The van der Waals surface area contributed by atoms with E-state index in [0.717, 1.165) is 50.8 Å². The predicted molar refractivity (Wildman–Crippen MR) is 298 cm³/mol. The molecule has 14 rings (SSSR count). The maximum atomic E-state index is 4.67. The molecule has 0 bridgehead atoms. The van der Waals surface area contributed by atoms with Crippen molar-refractivity contribution in [3.63, 3.8) is 0 Å². The molecule has 3 heterocycles. The van der Waals surface area contributed by atoms with Crippen LogP contribution in [0.4, 0.5) is 17.1 Å². The van der Waals surface area contributed by atoms with Gasteiger partial charge in [-0.2, -0.15) is 0 Å². The highest BCUT2D eigenvalue weighted by molar-refractivity contribution is 6.14. The van der Waals surface area contributed by atoms with Crippen LogP contribution in [0.1, 0.15) is 22.3 Å². The van der Waals surface area contributed by atoms with Crippen LogP contribution in [0.3, 0.4) is 0 Å². The second-order valence-corrected chi connectivity index (χ2v) is 18.8. The van der Waals surface area contributed by atoms with E-state index in [2.05, 4.69) is 280 Å². The van der Waals surface area contributed by atoms with Gasteiger partial charge in [-0.3, -0.25) is 4.98 Å². The number of fused-ring (bicyclic) bond motifs is 7. The second-order valence-electron chi connectivity index (χ2n) is 18.8. The molecule has 4 heteroatoms. The fourth-order valence-corrected chi connectivity index (χ4v) is 11.6. The Hall–Kier alpha value is -9.51. The van der Waals surface area contributed by atoms with Gasteiger partial charge in [-0.15, -0.1) is 0 Å². The number of hydrogen-bond donors (Lipinski definition) is 0. The van der Waals surface area contributed by atoms with Crippen molar-refractivity contribution in [3.8, 4) is 44.9 Å². The lowest BCUT2D eigenvalue weighted by atomic mass is 9.67. The molecule has 0 spiro atoms. The van der Waals surface area contributed by atoms with Crippen LogP contribution in [0.25, 0.3) is 77.6 Å². The van der Waals surface area contributed by atoms with Crippen LogP contribution in [0.15, 0.2) is 279 Å². The van der Waals surface area contributed by atoms with Crippen LogP contribution in [0.5, 0.6) is 0 Å². The largest absolute Gasteiger partial charge is 0.317 e. The Morgan fingerprint density at radius 2 is 0.931 bits per heavy atom. The topological polar surface area (TPSA) is 26.0 Å². The maximum Gasteiger partial charge on any atom is 0.0714 e. The molecule has 0 amide bonds. The molecular weight excluding hydrogens is 873 g/mol. The molecule has 0 atom stereocenters. The summed E-state index contributed by atoms with van der Waals surface area (Å²) in [7, 11) is 0. The molecule has 4 nitrogen and oxygen atoms in total. The Bertz CT molecular complexity index is 4070. The van der Waals surface area contributed by atoms with Crippen LogP contribution >= 0.6 is 0 Å². The molecular formula is C68H46N4. The lowest BCUT2D eigenvalue weighted by Gasteiger charge is -2.35. The second kappa shape index (κ2) is 16.9. The normalized spacial score (nSPS) is 12.6. The summed E-state index contributed by atoms with van der Waals surface area (Å²) in [6.45, 7) is 0. The molecule has 10 aromatic carbocycles. The molecule has 3 aromatic heterocycles. The lowest BCUT2D eigenvalue weighted by Crippen LogP contribution is -2.28. The number of benzene rings is 10. The molecule has 0 unspecified atom stereocenters. The first-order valence-corrected chi connectivity index (χ1v) is 24.7. The third-order valence-corrected chi connectivity index (χ3v) is 14.9. The SMILES string of the molecule is c1ccc(-n2ccc3cc4c(cc32)c2cc(-c3ccc(N(c5ccc(-c6ccccn6)cc5)c5ccc6c(c5)C(c5ccccc5)(c5ccccc5)c5ccccc5-6)cc3)ccc2n4-c2ccccc2)cc1. The van der Waals surface area contributed by atoms with Gasteiger partial charge in [0.25, 0.3) is 0 Å². The minimum atomic E-state index is -0.526. The quantitative estimate of drug-likeness (QED) is 0.144. The van der Waals surface area contributed by atoms with E-state index in [1.54, 1.807) is 0 Å². The summed E-state index contributed by atoms with van der Waals surface area (Å²) in [4.78, 5) is 7.08. The van der Waals surface area contributed by atoms with E-state index in [1.807, 2.05) is 18.3 Å². The van der Waals surface area contributed by atoms with Crippen molar-refractivity contribution in [1.82, 2.24) is 14.1 Å². The number of nitrogens with zero attached hydrogens (tertiary/aromatic N) is 4. The molecule has 338 valence electrons. The lowest BCUT2D eigenvalue weighted by molar-refractivity contribution is 0.768. The highest BCUT2D eigenvalue weighted by atomic mass is 15.1. The number of pyridine rings is 1. The van der Waals surface area contributed by atoms with E-state index in [1.165, 1.54) is 66.1 Å². The van der Waals surface area contributed by atoms with E-state index >= 15 is 0 Å². The number of anilines is 3. The average Bonchev–Trinajstić information content (AvgIpc) is 4.12. The Balaban J connectivity index is 0.924. The average molecular weight is 919 g/mol. The number of hydrogen-bond acceptors (Lipinski definition) is 2. The van der Waals surface area contributed by atoms with Gasteiger partial charge in [-0.05, 0) is 148 Å². The summed E-state index contributed by atoms with van der Waals surface area (Å²) in [6.07, 6.45) is 4.04. The first-order chi connectivity index (χ1) is 35.7. The van der Waals surface area contributed by atoms with Crippen molar-refractivity contribution < 1.29 is 0 Å². The summed E-state index contributed by atoms with van der Waals surface area (Å²) in [5.41, 5.74) is 20.4. The van der Waals surface area contributed by atoms with Crippen molar-refractivity contribution in [2.45, 2.75) is 5.41 Å². The van der Waals surface area contributed by atoms with Crippen LogP contribution in [0, 0.1) is 0 Å². The Morgan fingerprint density at radius 1 is 0.361 bits per heavy atom. The van der Waals surface area contributed by atoms with Gasteiger partial charge in [-0.1, -0.05) is 164 Å². The van der Waals surface area contributed by atoms with E-state index < -0.39 is 5.41 Å². The smallest absolute Gasteiger partial charge is 0.0714 e. The summed E-state index contributed by atoms with van der Waals surface area (Å²) < 4.78 is 4.71. The summed E-state index contributed by atoms with van der Waals surface area (Å²) in [5.74, 6) is 0. The minimum absolute atomic E-state index is 0.526. The van der Waals surface area contributed by atoms with Gasteiger partial charge in [0.15, 0.2) is 0 Å². The zero-order chi connectivity index (χ0) is 47.6. The van der Waals surface area contributed by atoms with Crippen molar-refractivity contribution in [2.75, 3.05) is 4.90 Å². The van der Waals surface area contributed by atoms with E-state index in [9.17, 15) is 0 Å². The molecule has 0 saturated heterocycles. The molecule has 13 aromatic rings. The van der Waals surface area contributed by atoms with Gasteiger partial charge in [0.1, 0.15) is 0 Å². The van der Waals surface area contributed by atoms with Crippen LogP contribution < -0.4 is 4.90 Å². The zero-order valence-corrected chi connectivity index (χ0v) is 39.3. The molecule has 1 aliphatic rings.